The van der Waals surface area contributed by atoms with Gasteiger partial charge in [0.2, 0.25) is 0 Å². The molecule has 0 saturated carbocycles. The third kappa shape index (κ3) is 4.95. The Morgan fingerprint density at radius 1 is 0.739 bits per heavy atom. The van der Waals surface area contributed by atoms with Crippen LogP contribution in [0.25, 0.3) is 0 Å². The Balaban J connectivity index is 1.85. The molecule has 2 N–H and O–H groups in total. The number of carbonyl (C=O) groups is 2. The first-order chi connectivity index (χ1) is 11.1. The van der Waals surface area contributed by atoms with Crippen molar-refractivity contribution in [1.82, 2.24) is 5.32 Å². The van der Waals surface area contributed by atoms with Crippen molar-refractivity contribution >= 4 is 17.5 Å². The molecular weight excluding hydrogens is 288 g/mol. The normalized spacial score (nSPS) is 10.2. The molecule has 2 aromatic carbocycles. The molecule has 0 bridgehead atoms. The summed E-state index contributed by atoms with van der Waals surface area (Å²) in [5.41, 5.74) is 4.02. The number of benzene rings is 2. The predicted octanol–water partition coefficient (Wildman–Crippen LogP) is 3.07. The molecule has 0 atom stereocenters. The summed E-state index contributed by atoms with van der Waals surface area (Å²) in [6.45, 7) is 4.49. The number of aryl methyl sites for hydroxylation is 2. The van der Waals surface area contributed by atoms with Gasteiger partial charge in [0.05, 0.1) is 0 Å². The molecule has 4 nitrogen and oxygen atoms in total. The van der Waals surface area contributed by atoms with E-state index in [-0.39, 0.29) is 0 Å². The zero-order valence-corrected chi connectivity index (χ0v) is 13.6. The van der Waals surface area contributed by atoms with Crippen LogP contribution < -0.4 is 10.6 Å². The van der Waals surface area contributed by atoms with Crippen LogP contribution in [0.4, 0.5) is 5.69 Å². The van der Waals surface area contributed by atoms with E-state index in [1.165, 1.54) is 11.1 Å². The Morgan fingerprint density at radius 2 is 1.22 bits per heavy atom. The minimum absolute atomic E-state index is 0.338. The van der Waals surface area contributed by atoms with Gasteiger partial charge < -0.3 is 10.6 Å². The lowest BCUT2D eigenvalue weighted by Gasteiger charge is -2.07. The summed E-state index contributed by atoms with van der Waals surface area (Å²) in [4.78, 5) is 23.7. The SMILES string of the molecule is CCc1ccc(CNC(=O)C(=O)Nc2ccc(CC)cc2)cc1. The highest BCUT2D eigenvalue weighted by Gasteiger charge is 2.13. The maximum atomic E-state index is 11.9. The molecule has 0 unspecified atom stereocenters. The van der Waals surface area contributed by atoms with Crippen molar-refractivity contribution in [3.05, 3.63) is 65.2 Å². The second-order valence-corrected chi connectivity index (χ2v) is 5.36. The molecule has 2 aromatic rings. The summed E-state index contributed by atoms with van der Waals surface area (Å²) in [6.07, 6.45) is 1.91. The highest BCUT2D eigenvalue weighted by molar-refractivity contribution is 6.39. The van der Waals surface area contributed by atoms with E-state index in [1.807, 2.05) is 36.4 Å². The van der Waals surface area contributed by atoms with E-state index < -0.39 is 11.8 Å². The van der Waals surface area contributed by atoms with Gasteiger partial charge in [-0.3, -0.25) is 9.59 Å². The van der Waals surface area contributed by atoms with E-state index in [9.17, 15) is 9.59 Å². The summed E-state index contributed by atoms with van der Waals surface area (Å²) in [5.74, 6) is -1.29. The van der Waals surface area contributed by atoms with Crippen molar-refractivity contribution < 1.29 is 9.59 Å². The van der Waals surface area contributed by atoms with Crippen LogP contribution in [0.15, 0.2) is 48.5 Å². The van der Waals surface area contributed by atoms with E-state index in [4.69, 9.17) is 0 Å². The van der Waals surface area contributed by atoms with Crippen LogP contribution in [0.3, 0.4) is 0 Å². The van der Waals surface area contributed by atoms with Crippen LogP contribution in [0.5, 0.6) is 0 Å². The summed E-state index contributed by atoms with van der Waals surface area (Å²) < 4.78 is 0. The molecule has 23 heavy (non-hydrogen) atoms. The average Bonchev–Trinajstić information content (AvgIpc) is 2.60. The van der Waals surface area contributed by atoms with Gasteiger partial charge in [-0.15, -0.1) is 0 Å². The predicted molar refractivity (Wildman–Crippen MR) is 92.1 cm³/mol. The summed E-state index contributed by atoms with van der Waals surface area (Å²) in [6, 6.07) is 15.4. The largest absolute Gasteiger partial charge is 0.344 e. The van der Waals surface area contributed by atoms with Gasteiger partial charge in [0.15, 0.2) is 0 Å². The highest BCUT2D eigenvalue weighted by atomic mass is 16.2. The molecule has 0 radical (unpaired) electrons. The summed E-state index contributed by atoms with van der Waals surface area (Å²) >= 11 is 0. The Morgan fingerprint density at radius 3 is 1.74 bits per heavy atom. The van der Waals surface area contributed by atoms with Gasteiger partial charge in [-0.2, -0.15) is 0 Å². The maximum absolute atomic E-state index is 11.9. The number of hydrogen-bond acceptors (Lipinski definition) is 2. The van der Waals surface area contributed by atoms with Crippen LogP contribution in [0.2, 0.25) is 0 Å². The van der Waals surface area contributed by atoms with Gasteiger partial charge in [-0.05, 0) is 41.7 Å². The second-order valence-electron chi connectivity index (χ2n) is 5.36. The van der Waals surface area contributed by atoms with Gasteiger partial charge >= 0.3 is 11.8 Å². The van der Waals surface area contributed by atoms with Gasteiger partial charge in [0.25, 0.3) is 0 Å². The summed E-state index contributed by atoms with van der Waals surface area (Å²) in [5, 5.41) is 5.22. The van der Waals surface area contributed by atoms with Crippen molar-refractivity contribution in [2.24, 2.45) is 0 Å². The number of hydrogen-bond donors (Lipinski definition) is 2. The molecule has 0 saturated heterocycles. The van der Waals surface area contributed by atoms with E-state index in [1.54, 1.807) is 12.1 Å². The van der Waals surface area contributed by atoms with Gasteiger partial charge in [0, 0.05) is 12.2 Å². The first-order valence-electron chi connectivity index (χ1n) is 7.88. The van der Waals surface area contributed by atoms with Gasteiger partial charge in [-0.1, -0.05) is 50.2 Å². The molecule has 0 heterocycles. The Bertz CT molecular complexity index is 661. The third-order valence-electron chi connectivity index (χ3n) is 3.71. The van der Waals surface area contributed by atoms with Crippen molar-refractivity contribution in [2.75, 3.05) is 5.32 Å². The monoisotopic (exact) mass is 310 g/mol. The Hall–Kier alpha value is -2.62. The zero-order chi connectivity index (χ0) is 16.7. The minimum atomic E-state index is -0.653. The average molecular weight is 310 g/mol. The molecule has 0 spiro atoms. The molecule has 2 amide bonds. The van der Waals surface area contributed by atoms with E-state index >= 15 is 0 Å². The molecule has 0 aliphatic rings. The number of rotatable bonds is 5. The van der Waals surface area contributed by atoms with Crippen molar-refractivity contribution in [2.45, 2.75) is 33.2 Å². The lowest BCUT2D eigenvalue weighted by molar-refractivity contribution is -0.136. The van der Waals surface area contributed by atoms with Crippen LogP contribution in [-0.4, -0.2) is 11.8 Å². The zero-order valence-electron chi connectivity index (χ0n) is 13.6. The van der Waals surface area contributed by atoms with Gasteiger partial charge in [0.1, 0.15) is 0 Å². The Labute approximate surface area is 136 Å². The molecule has 0 aromatic heterocycles. The summed E-state index contributed by atoms with van der Waals surface area (Å²) in [7, 11) is 0. The topological polar surface area (TPSA) is 58.2 Å². The maximum Gasteiger partial charge on any atom is 0.313 e. The van der Waals surface area contributed by atoms with Crippen LogP contribution in [0.1, 0.15) is 30.5 Å². The molecule has 4 heteroatoms. The molecule has 0 aliphatic heterocycles. The lowest BCUT2D eigenvalue weighted by atomic mass is 10.1. The van der Waals surface area contributed by atoms with Crippen molar-refractivity contribution in [1.29, 1.82) is 0 Å². The molecule has 2 rings (SSSR count). The highest BCUT2D eigenvalue weighted by Crippen LogP contribution is 2.10. The fraction of sp³-hybridized carbons (Fsp3) is 0.263. The third-order valence-corrected chi connectivity index (χ3v) is 3.71. The molecular formula is C19H22N2O2. The smallest absolute Gasteiger partial charge is 0.313 e. The Kier molecular flexibility index (Phi) is 5.92. The molecule has 0 fully saturated rings. The lowest BCUT2D eigenvalue weighted by Crippen LogP contribution is -2.34. The van der Waals surface area contributed by atoms with E-state index in [2.05, 4.69) is 24.5 Å². The van der Waals surface area contributed by atoms with E-state index in [0.29, 0.717) is 12.2 Å². The molecule has 0 aliphatic carbocycles. The van der Waals surface area contributed by atoms with Crippen LogP contribution >= 0.6 is 0 Å². The quantitative estimate of drug-likeness (QED) is 0.834. The number of amides is 2. The minimum Gasteiger partial charge on any atom is -0.344 e. The fourth-order valence-electron chi connectivity index (χ4n) is 2.17. The van der Waals surface area contributed by atoms with E-state index in [0.717, 1.165) is 18.4 Å². The van der Waals surface area contributed by atoms with Crippen molar-refractivity contribution in [3.8, 4) is 0 Å². The second kappa shape index (κ2) is 8.13. The van der Waals surface area contributed by atoms with Gasteiger partial charge in [-0.25, -0.2) is 0 Å². The number of anilines is 1. The van der Waals surface area contributed by atoms with Crippen LogP contribution in [0, 0.1) is 0 Å². The number of carbonyl (C=O) groups excluding carboxylic acids is 2. The first-order valence-corrected chi connectivity index (χ1v) is 7.88. The fourth-order valence-corrected chi connectivity index (χ4v) is 2.17. The van der Waals surface area contributed by atoms with Crippen LogP contribution in [-0.2, 0) is 29.0 Å². The standard InChI is InChI=1S/C19H22N2O2/c1-3-14-5-7-16(8-6-14)13-20-18(22)19(23)21-17-11-9-15(4-2)10-12-17/h5-12H,3-4,13H2,1-2H3,(H,20,22)(H,21,23). The first kappa shape index (κ1) is 16.7. The number of nitrogens with one attached hydrogen (secondary N) is 2. The molecule has 120 valence electrons. The van der Waals surface area contributed by atoms with Crippen molar-refractivity contribution in [3.63, 3.8) is 0 Å².